The SMILES string of the molecule is C=CCSC1N=CSS1. The Morgan fingerprint density at radius 2 is 2.78 bits per heavy atom. The molecule has 1 heterocycles. The molecule has 0 radical (unpaired) electrons. The van der Waals surface area contributed by atoms with E-state index in [1.54, 1.807) is 21.6 Å². The number of rotatable bonds is 3. The molecule has 0 aromatic heterocycles. The minimum absolute atomic E-state index is 0.410. The molecule has 0 saturated carbocycles. The van der Waals surface area contributed by atoms with Crippen molar-refractivity contribution in [1.82, 2.24) is 0 Å². The molecule has 0 aliphatic carbocycles. The summed E-state index contributed by atoms with van der Waals surface area (Å²) in [5.74, 6) is 0.996. The van der Waals surface area contributed by atoms with Gasteiger partial charge in [0.2, 0.25) is 0 Å². The van der Waals surface area contributed by atoms with Crippen molar-refractivity contribution in [2.24, 2.45) is 4.99 Å². The maximum Gasteiger partial charge on any atom is 0.152 e. The molecule has 0 fully saturated rings. The van der Waals surface area contributed by atoms with Crippen LogP contribution in [0.2, 0.25) is 0 Å². The summed E-state index contributed by atoms with van der Waals surface area (Å²) in [6.07, 6.45) is 1.91. The monoisotopic (exact) mass is 177 g/mol. The maximum atomic E-state index is 4.19. The van der Waals surface area contributed by atoms with Crippen molar-refractivity contribution in [3.63, 3.8) is 0 Å². The van der Waals surface area contributed by atoms with Crippen LogP contribution in [0.4, 0.5) is 0 Å². The van der Waals surface area contributed by atoms with Gasteiger partial charge in [0.15, 0.2) is 4.71 Å². The summed E-state index contributed by atoms with van der Waals surface area (Å²) in [4.78, 5) is 4.19. The average molecular weight is 177 g/mol. The van der Waals surface area contributed by atoms with Crippen LogP contribution in [0, 0.1) is 0 Å². The predicted octanol–water partition coefficient (Wildman–Crippen LogP) is 2.61. The molecular formula is C5H7NS3. The molecule has 4 heteroatoms. The number of hydrogen-bond acceptors (Lipinski definition) is 4. The fraction of sp³-hybridized carbons (Fsp3) is 0.400. The van der Waals surface area contributed by atoms with E-state index in [2.05, 4.69) is 11.6 Å². The van der Waals surface area contributed by atoms with E-state index in [0.717, 1.165) is 5.75 Å². The molecule has 0 spiro atoms. The number of nitrogens with zero attached hydrogens (tertiary/aromatic N) is 1. The van der Waals surface area contributed by atoms with Crippen LogP contribution >= 0.6 is 33.3 Å². The van der Waals surface area contributed by atoms with Crippen LogP contribution in [-0.2, 0) is 0 Å². The van der Waals surface area contributed by atoms with Crippen LogP contribution < -0.4 is 0 Å². The van der Waals surface area contributed by atoms with Gasteiger partial charge in [-0.3, -0.25) is 4.99 Å². The Morgan fingerprint density at radius 1 is 1.89 bits per heavy atom. The largest absolute Gasteiger partial charge is 0.259 e. The molecule has 0 amide bonds. The highest BCUT2D eigenvalue weighted by atomic mass is 33.1. The zero-order valence-corrected chi connectivity index (χ0v) is 7.27. The van der Waals surface area contributed by atoms with Gasteiger partial charge in [0.1, 0.15) is 0 Å². The summed E-state index contributed by atoms with van der Waals surface area (Å²) < 4.78 is 0.410. The Morgan fingerprint density at radius 3 is 3.33 bits per heavy atom. The van der Waals surface area contributed by atoms with Gasteiger partial charge in [-0.05, 0) is 21.6 Å². The second kappa shape index (κ2) is 4.30. The first kappa shape index (κ1) is 7.57. The highest BCUT2D eigenvalue weighted by Gasteiger charge is 2.10. The van der Waals surface area contributed by atoms with E-state index in [0.29, 0.717) is 4.71 Å². The van der Waals surface area contributed by atoms with Gasteiger partial charge >= 0.3 is 0 Å². The molecule has 1 unspecified atom stereocenters. The summed E-state index contributed by atoms with van der Waals surface area (Å²) >= 11 is 1.81. The lowest BCUT2D eigenvalue weighted by Crippen LogP contribution is -1.84. The van der Waals surface area contributed by atoms with Crippen LogP contribution in [0.1, 0.15) is 0 Å². The molecule has 1 rings (SSSR count). The number of aliphatic imine (C=N–C) groups is 1. The third-order valence-electron chi connectivity index (χ3n) is 0.720. The fourth-order valence-electron chi connectivity index (χ4n) is 0.393. The second-order valence-corrected chi connectivity index (χ2v) is 4.98. The molecule has 1 nitrogen and oxygen atoms in total. The quantitative estimate of drug-likeness (QED) is 0.485. The van der Waals surface area contributed by atoms with Crippen LogP contribution in [-0.4, -0.2) is 16.0 Å². The van der Waals surface area contributed by atoms with Gasteiger partial charge < -0.3 is 0 Å². The lowest BCUT2D eigenvalue weighted by molar-refractivity contribution is 1.33. The van der Waals surface area contributed by atoms with Gasteiger partial charge in [0.25, 0.3) is 0 Å². The van der Waals surface area contributed by atoms with Crippen molar-refractivity contribution >= 4 is 38.9 Å². The van der Waals surface area contributed by atoms with E-state index in [9.17, 15) is 0 Å². The van der Waals surface area contributed by atoms with Gasteiger partial charge in [0, 0.05) is 5.75 Å². The fourth-order valence-corrected chi connectivity index (χ4v) is 3.52. The first-order chi connectivity index (χ1) is 4.43. The van der Waals surface area contributed by atoms with E-state index in [1.807, 2.05) is 23.4 Å². The van der Waals surface area contributed by atoms with Gasteiger partial charge in [-0.25, -0.2) is 0 Å². The normalized spacial score (nSPS) is 24.7. The standard InChI is InChI=1S/C5H7NS3/c1-2-3-7-5-6-4-8-9-5/h2,4-5H,1,3H2. The van der Waals surface area contributed by atoms with E-state index in [4.69, 9.17) is 0 Å². The Balaban J connectivity index is 2.12. The Labute approximate surface area is 67.2 Å². The van der Waals surface area contributed by atoms with E-state index < -0.39 is 0 Å². The average Bonchev–Trinajstić information content (AvgIpc) is 2.34. The Hall–Kier alpha value is 0.460. The zero-order chi connectivity index (χ0) is 6.53. The minimum atomic E-state index is 0.410. The van der Waals surface area contributed by atoms with Crippen LogP contribution in [0.15, 0.2) is 17.6 Å². The maximum absolute atomic E-state index is 4.19. The van der Waals surface area contributed by atoms with Crippen molar-refractivity contribution < 1.29 is 0 Å². The van der Waals surface area contributed by atoms with Crippen molar-refractivity contribution in [3.05, 3.63) is 12.7 Å². The van der Waals surface area contributed by atoms with Crippen LogP contribution in [0.25, 0.3) is 0 Å². The first-order valence-electron chi connectivity index (χ1n) is 2.50. The lowest BCUT2D eigenvalue weighted by atomic mass is 10.8. The summed E-state index contributed by atoms with van der Waals surface area (Å²) in [5, 5.41) is 0. The van der Waals surface area contributed by atoms with E-state index in [1.165, 1.54) is 0 Å². The molecule has 0 saturated heterocycles. The summed E-state index contributed by atoms with van der Waals surface area (Å²) in [6, 6.07) is 0. The van der Waals surface area contributed by atoms with Gasteiger partial charge in [0.05, 0.1) is 5.55 Å². The van der Waals surface area contributed by atoms with Crippen molar-refractivity contribution in [1.29, 1.82) is 0 Å². The molecule has 1 aliphatic heterocycles. The van der Waals surface area contributed by atoms with Crippen molar-refractivity contribution in [2.75, 3.05) is 5.75 Å². The van der Waals surface area contributed by atoms with E-state index in [-0.39, 0.29) is 0 Å². The smallest absolute Gasteiger partial charge is 0.152 e. The van der Waals surface area contributed by atoms with Crippen LogP contribution in [0.5, 0.6) is 0 Å². The molecule has 1 atom stereocenters. The van der Waals surface area contributed by atoms with Crippen LogP contribution in [0.3, 0.4) is 0 Å². The highest BCUT2D eigenvalue weighted by molar-refractivity contribution is 8.83. The Bertz CT molecular complexity index is 123. The minimum Gasteiger partial charge on any atom is -0.259 e. The molecular weight excluding hydrogens is 170 g/mol. The number of thioether (sulfide) groups is 1. The molecule has 9 heavy (non-hydrogen) atoms. The van der Waals surface area contributed by atoms with Crippen molar-refractivity contribution in [3.8, 4) is 0 Å². The molecule has 0 bridgehead atoms. The number of hydrogen-bond donors (Lipinski definition) is 0. The summed E-state index contributed by atoms with van der Waals surface area (Å²) in [6.45, 7) is 3.63. The topological polar surface area (TPSA) is 12.4 Å². The lowest BCUT2D eigenvalue weighted by Gasteiger charge is -1.99. The summed E-state index contributed by atoms with van der Waals surface area (Å²) in [5.41, 5.74) is 1.89. The third-order valence-corrected chi connectivity index (χ3v) is 4.36. The molecule has 0 aromatic carbocycles. The Kier molecular flexibility index (Phi) is 3.62. The molecule has 0 N–H and O–H groups in total. The van der Waals surface area contributed by atoms with Gasteiger partial charge in [-0.15, -0.1) is 18.3 Å². The highest BCUT2D eigenvalue weighted by Crippen LogP contribution is 2.38. The third kappa shape index (κ3) is 2.69. The van der Waals surface area contributed by atoms with Gasteiger partial charge in [-0.1, -0.05) is 6.08 Å². The predicted molar refractivity (Wildman–Crippen MR) is 50.1 cm³/mol. The zero-order valence-electron chi connectivity index (χ0n) is 4.82. The first-order valence-corrected chi connectivity index (χ1v) is 5.82. The van der Waals surface area contributed by atoms with Gasteiger partial charge in [-0.2, -0.15) is 0 Å². The van der Waals surface area contributed by atoms with Crippen molar-refractivity contribution in [2.45, 2.75) is 4.71 Å². The molecule has 1 aliphatic rings. The van der Waals surface area contributed by atoms with E-state index >= 15 is 0 Å². The molecule has 50 valence electrons. The molecule has 0 aromatic rings. The second-order valence-electron chi connectivity index (χ2n) is 1.38. The summed E-state index contributed by atoms with van der Waals surface area (Å²) in [7, 11) is 3.49.